The van der Waals surface area contributed by atoms with E-state index in [0.717, 1.165) is 5.56 Å². The van der Waals surface area contributed by atoms with Crippen LogP contribution in [0.1, 0.15) is 24.8 Å². The van der Waals surface area contributed by atoms with Crippen molar-refractivity contribution in [3.8, 4) is 0 Å². The zero-order valence-corrected chi connectivity index (χ0v) is 12.2. The van der Waals surface area contributed by atoms with Crippen molar-refractivity contribution in [1.29, 1.82) is 0 Å². The highest BCUT2D eigenvalue weighted by Crippen LogP contribution is 2.20. The van der Waals surface area contributed by atoms with E-state index >= 15 is 0 Å². The maximum atomic E-state index is 12.0. The summed E-state index contributed by atoms with van der Waals surface area (Å²) in [7, 11) is 1.65. The van der Waals surface area contributed by atoms with Gasteiger partial charge in [0.15, 0.2) is 0 Å². The molecule has 1 amide bonds. The molecule has 21 heavy (non-hydrogen) atoms. The summed E-state index contributed by atoms with van der Waals surface area (Å²) in [5, 5.41) is 2.80. The molecule has 3 N–H and O–H groups in total. The van der Waals surface area contributed by atoms with Crippen molar-refractivity contribution in [2.24, 2.45) is 7.05 Å². The summed E-state index contributed by atoms with van der Waals surface area (Å²) in [5.74, 6) is 0.0103. The highest BCUT2D eigenvalue weighted by atomic mass is 16.1. The van der Waals surface area contributed by atoms with Gasteiger partial charge in [-0.1, -0.05) is 19.1 Å². The van der Waals surface area contributed by atoms with E-state index in [4.69, 9.17) is 5.73 Å². The third-order valence-electron chi connectivity index (χ3n) is 3.37. The zero-order chi connectivity index (χ0) is 15.4. The van der Waals surface area contributed by atoms with Crippen molar-refractivity contribution in [1.82, 2.24) is 4.57 Å². The van der Waals surface area contributed by atoms with Gasteiger partial charge < -0.3 is 15.6 Å². The Balaban J connectivity index is 1.99. The quantitative estimate of drug-likeness (QED) is 0.844. The first kappa shape index (κ1) is 14.8. The Bertz CT molecular complexity index is 689. The van der Waals surface area contributed by atoms with E-state index in [9.17, 15) is 9.59 Å². The van der Waals surface area contributed by atoms with Crippen molar-refractivity contribution in [3.05, 3.63) is 58.5 Å². The van der Waals surface area contributed by atoms with Crippen LogP contribution in [0.3, 0.4) is 0 Å². The van der Waals surface area contributed by atoms with E-state index in [2.05, 4.69) is 5.32 Å². The molecule has 1 unspecified atom stereocenters. The van der Waals surface area contributed by atoms with Crippen molar-refractivity contribution in [3.63, 3.8) is 0 Å². The number of amides is 1. The van der Waals surface area contributed by atoms with Gasteiger partial charge in [-0.05, 0) is 29.7 Å². The molecule has 110 valence electrons. The third kappa shape index (κ3) is 3.95. The average molecular weight is 285 g/mol. The number of hydrogen-bond donors (Lipinski definition) is 2. The van der Waals surface area contributed by atoms with E-state index in [-0.39, 0.29) is 17.4 Å². The van der Waals surface area contributed by atoms with Gasteiger partial charge in [0.05, 0.1) is 5.69 Å². The molecule has 1 atom stereocenters. The maximum Gasteiger partial charge on any atom is 0.250 e. The summed E-state index contributed by atoms with van der Waals surface area (Å²) >= 11 is 0. The van der Waals surface area contributed by atoms with Crippen molar-refractivity contribution in [2.75, 3.05) is 11.1 Å². The molecule has 1 aromatic carbocycles. The minimum Gasteiger partial charge on any atom is -0.399 e. The van der Waals surface area contributed by atoms with Crippen LogP contribution in [0.4, 0.5) is 11.4 Å². The third-order valence-corrected chi connectivity index (χ3v) is 3.37. The number of aryl methyl sites for hydroxylation is 1. The van der Waals surface area contributed by atoms with Crippen LogP contribution in [0.2, 0.25) is 0 Å². The Kier molecular flexibility index (Phi) is 4.42. The van der Waals surface area contributed by atoms with Crippen molar-refractivity contribution < 1.29 is 4.79 Å². The van der Waals surface area contributed by atoms with Gasteiger partial charge in [0.25, 0.3) is 0 Å². The summed E-state index contributed by atoms with van der Waals surface area (Å²) in [6.07, 6.45) is 1.97. The second-order valence-electron chi connectivity index (χ2n) is 5.19. The van der Waals surface area contributed by atoms with Gasteiger partial charge in [-0.2, -0.15) is 0 Å². The number of aromatic nitrogens is 1. The van der Waals surface area contributed by atoms with E-state index in [1.807, 2.05) is 31.2 Å². The fourth-order valence-corrected chi connectivity index (χ4v) is 2.10. The van der Waals surface area contributed by atoms with Crippen molar-refractivity contribution in [2.45, 2.75) is 19.3 Å². The Morgan fingerprint density at radius 3 is 2.52 bits per heavy atom. The highest BCUT2D eigenvalue weighted by Gasteiger charge is 2.11. The molecule has 5 heteroatoms. The molecular formula is C16H19N3O2. The summed E-state index contributed by atoms with van der Waals surface area (Å²) in [6, 6.07) is 10.6. The fraction of sp³-hybridized carbons (Fsp3) is 0.250. The predicted octanol–water partition coefficient (Wildman–Crippen LogP) is 2.10. The Morgan fingerprint density at radius 2 is 1.90 bits per heavy atom. The van der Waals surface area contributed by atoms with Gasteiger partial charge >= 0.3 is 0 Å². The van der Waals surface area contributed by atoms with E-state index < -0.39 is 0 Å². The summed E-state index contributed by atoms with van der Waals surface area (Å²) in [6.45, 7) is 1.99. The van der Waals surface area contributed by atoms with Crippen LogP contribution >= 0.6 is 0 Å². The number of carbonyl (C=O) groups is 1. The molecule has 0 bridgehead atoms. The van der Waals surface area contributed by atoms with Gasteiger partial charge in [0, 0.05) is 31.4 Å². The number of hydrogen-bond acceptors (Lipinski definition) is 3. The SMILES string of the molecule is CC(CC(=O)Nc1ccc(=O)n(C)c1)c1ccc(N)cc1. The first-order valence-corrected chi connectivity index (χ1v) is 6.77. The molecule has 0 spiro atoms. The normalized spacial score (nSPS) is 11.9. The number of nitrogens with two attached hydrogens (primary N) is 1. The van der Waals surface area contributed by atoms with Crippen LogP contribution in [0, 0.1) is 0 Å². The topological polar surface area (TPSA) is 77.1 Å². The van der Waals surface area contributed by atoms with Crippen molar-refractivity contribution >= 4 is 17.3 Å². The number of pyridine rings is 1. The monoisotopic (exact) mass is 285 g/mol. The Morgan fingerprint density at radius 1 is 1.24 bits per heavy atom. The van der Waals surface area contributed by atoms with Crippen LogP contribution in [0.5, 0.6) is 0 Å². The standard InChI is InChI=1S/C16H19N3O2/c1-11(12-3-5-13(17)6-4-12)9-15(20)18-14-7-8-16(21)19(2)10-14/h3-8,10-11H,9,17H2,1-2H3,(H,18,20). The van der Waals surface area contributed by atoms with Gasteiger partial charge in [-0.25, -0.2) is 0 Å². The fourth-order valence-electron chi connectivity index (χ4n) is 2.10. The molecular weight excluding hydrogens is 266 g/mol. The first-order chi connectivity index (χ1) is 9.95. The molecule has 2 aromatic rings. The molecule has 1 heterocycles. The lowest BCUT2D eigenvalue weighted by Crippen LogP contribution is -2.18. The number of anilines is 2. The zero-order valence-electron chi connectivity index (χ0n) is 12.2. The van der Waals surface area contributed by atoms with E-state index in [0.29, 0.717) is 17.8 Å². The van der Waals surface area contributed by atoms with Crippen LogP contribution in [-0.2, 0) is 11.8 Å². The lowest BCUT2D eigenvalue weighted by Gasteiger charge is -2.12. The van der Waals surface area contributed by atoms with Gasteiger partial charge in [0.1, 0.15) is 0 Å². The predicted molar refractivity (Wildman–Crippen MR) is 84.2 cm³/mol. The molecule has 0 saturated heterocycles. The maximum absolute atomic E-state index is 12.0. The van der Waals surface area contributed by atoms with Crippen LogP contribution in [0.25, 0.3) is 0 Å². The number of rotatable bonds is 4. The molecule has 5 nitrogen and oxygen atoms in total. The minimum absolute atomic E-state index is 0.0852. The molecule has 1 aromatic heterocycles. The van der Waals surface area contributed by atoms with Gasteiger partial charge in [-0.15, -0.1) is 0 Å². The van der Waals surface area contributed by atoms with Crippen LogP contribution in [0.15, 0.2) is 47.4 Å². The van der Waals surface area contributed by atoms with E-state index in [1.165, 1.54) is 10.6 Å². The molecule has 0 aliphatic heterocycles. The van der Waals surface area contributed by atoms with Gasteiger partial charge in [0.2, 0.25) is 11.5 Å². The Hall–Kier alpha value is -2.56. The molecule has 2 rings (SSSR count). The van der Waals surface area contributed by atoms with Gasteiger partial charge in [-0.3, -0.25) is 9.59 Å². The van der Waals surface area contributed by atoms with Crippen LogP contribution in [-0.4, -0.2) is 10.5 Å². The summed E-state index contributed by atoms with van der Waals surface area (Å²) < 4.78 is 1.43. The number of nitrogen functional groups attached to an aromatic ring is 1. The average Bonchev–Trinajstić information content (AvgIpc) is 2.43. The largest absolute Gasteiger partial charge is 0.399 e. The molecule has 0 aliphatic carbocycles. The number of nitrogens with one attached hydrogen (secondary N) is 1. The Labute approximate surface area is 123 Å². The number of carbonyl (C=O) groups excluding carboxylic acids is 1. The first-order valence-electron chi connectivity index (χ1n) is 6.77. The minimum atomic E-state index is -0.108. The number of nitrogens with zero attached hydrogens (tertiary/aromatic N) is 1. The summed E-state index contributed by atoms with van der Waals surface area (Å²) in [5.41, 5.74) is 7.94. The summed E-state index contributed by atoms with van der Waals surface area (Å²) in [4.78, 5) is 23.3. The van der Waals surface area contributed by atoms with Crippen LogP contribution < -0.4 is 16.6 Å². The second-order valence-corrected chi connectivity index (χ2v) is 5.19. The lowest BCUT2D eigenvalue weighted by molar-refractivity contribution is -0.116. The van der Waals surface area contributed by atoms with E-state index in [1.54, 1.807) is 19.3 Å². The lowest BCUT2D eigenvalue weighted by atomic mass is 9.97. The second kappa shape index (κ2) is 6.26. The highest BCUT2D eigenvalue weighted by molar-refractivity contribution is 5.91. The molecule has 0 fully saturated rings. The molecule has 0 saturated carbocycles. The molecule has 0 radical (unpaired) electrons. The smallest absolute Gasteiger partial charge is 0.250 e. The number of benzene rings is 1. The molecule has 0 aliphatic rings.